The second-order valence-corrected chi connectivity index (χ2v) is 1.93. The van der Waals surface area contributed by atoms with E-state index in [9.17, 15) is 0 Å². The highest BCUT2D eigenvalue weighted by Gasteiger charge is 1.95. The van der Waals surface area contributed by atoms with Crippen LogP contribution in [-0.2, 0) is 0 Å². The van der Waals surface area contributed by atoms with E-state index in [-0.39, 0.29) is 0 Å². The van der Waals surface area contributed by atoms with E-state index in [2.05, 4.69) is 11.7 Å². The monoisotopic (exact) mass is 117 g/mol. The van der Waals surface area contributed by atoms with Gasteiger partial charge in [0.1, 0.15) is 0 Å². The van der Waals surface area contributed by atoms with E-state index in [1.54, 1.807) is 5.53 Å². The summed E-state index contributed by atoms with van der Waals surface area (Å²) >= 11 is 0. The standard InChI is InChI=1S/C5H10.H5N3/c1-2-4-5-3-1;1-3-2/h1-5H2;3H,1-2H2. The predicted octanol–water partition coefficient (Wildman–Crippen LogP) is 0.274. The van der Waals surface area contributed by atoms with Crippen molar-refractivity contribution in [3.63, 3.8) is 0 Å². The molecule has 0 unspecified atom stereocenters. The first kappa shape index (κ1) is 7.88. The van der Waals surface area contributed by atoms with Crippen molar-refractivity contribution < 1.29 is 0 Å². The molecule has 50 valence electrons. The average molecular weight is 117 g/mol. The molecule has 0 spiro atoms. The van der Waals surface area contributed by atoms with Crippen LogP contribution in [0.2, 0.25) is 0 Å². The fourth-order valence-electron chi connectivity index (χ4n) is 0.884. The molecule has 8 heavy (non-hydrogen) atoms. The first-order valence-corrected chi connectivity index (χ1v) is 3.08. The molecule has 0 heterocycles. The highest BCUT2D eigenvalue weighted by Crippen LogP contribution is 2.15. The maximum atomic E-state index is 4.38. The molecule has 0 radical (unpaired) electrons. The molecule has 0 aromatic heterocycles. The second kappa shape index (κ2) is 6.88. The molecule has 5 N–H and O–H groups in total. The van der Waals surface area contributed by atoms with Crippen molar-refractivity contribution in [2.24, 2.45) is 11.7 Å². The number of nitrogens with one attached hydrogen (secondary N) is 1. The minimum atomic E-state index is 1.50. The Bertz CT molecular complexity index is 27.0. The van der Waals surface area contributed by atoms with Crippen molar-refractivity contribution >= 4 is 0 Å². The average Bonchev–Trinajstić information content (AvgIpc) is 2.17. The number of nitrogens with two attached hydrogens (primary N) is 2. The summed E-state index contributed by atoms with van der Waals surface area (Å²) in [4.78, 5) is 0. The maximum Gasteiger partial charge on any atom is -0.0533 e. The van der Waals surface area contributed by atoms with Gasteiger partial charge < -0.3 is 0 Å². The zero-order valence-corrected chi connectivity index (χ0v) is 5.19. The van der Waals surface area contributed by atoms with Crippen LogP contribution in [0.25, 0.3) is 0 Å². The van der Waals surface area contributed by atoms with E-state index in [1.165, 1.54) is 32.1 Å². The minimum Gasteiger partial charge on any atom is -0.258 e. The molecule has 0 atom stereocenters. The van der Waals surface area contributed by atoms with Crippen LogP contribution in [-0.4, -0.2) is 0 Å². The Morgan fingerprint density at radius 2 is 0.875 bits per heavy atom. The lowest BCUT2D eigenvalue weighted by atomic mass is 10.4. The van der Waals surface area contributed by atoms with Crippen LogP contribution in [0.15, 0.2) is 0 Å². The lowest BCUT2D eigenvalue weighted by Crippen LogP contribution is -2.29. The van der Waals surface area contributed by atoms with Crippen LogP contribution in [0.1, 0.15) is 32.1 Å². The Hall–Kier alpha value is -0.120. The number of hydrogen-bond acceptors (Lipinski definition) is 3. The van der Waals surface area contributed by atoms with Crippen molar-refractivity contribution in [3.8, 4) is 0 Å². The molecular weight excluding hydrogens is 102 g/mol. The van der Waals surface area contributed by atoms with E-state index >= 15 is 0 Å². The molecule has 0 aromatic carbocycles. The summed E-state index contributed by atoms with van der Waals surface area (Å²) in [6.45, 7) is 0. The molecule has 0 aliphatic heterocycles. The molecule has 0 amide bonds. The summed E-state index contributed by atoms with van der Waals surface area (Å²) in [6.07, 6.45) is 7.50. The first-order valence-electron chi connectivity index (χ1n) is 3.08. The predicted molar refractivity (Wildman–Crippen MR) is 34.6 cm³/mol. The zero-order chi connectivity index (χ0) is 6.24. The smallest absolute Gasteiger partial charge is 0.0533 e. The largest absolute Gasteiger partial charge is 0.258 e. The third kappa shape index (κ3) is 5.88. The van der Waals surface area contributed by atoms with Gasteiger partial charge in [0, 0.05) is 0 Å². The van der Waals surface area contributed by atoms with Crippen molar-refractivity contribution in [1.82, 2.24) is 5.53 Å². The molecule has 0 saturated heterocycles. The van der Waals surface area contributed by atoms with Crippen molar-refractivity contribution in [1.29, 1.82) is 0 Å². The molecule has 1 aliphatic rings. The Morgan fingerprint density at radius 3 is 1.00 bits per heavy atom. The molecule has 3 heteroatoms. The number of rotatable bonds is 0. The van der Waals surface area contributed by atoms with Gasteiger partial charge in [-0.1, -0.05) is 32.1 Å². The molecule has 1 saturated carbocycles. The van der Waals surface area contributed by atoms with Gasteiger partial charge in [0.2, 0.25) is 0 Å². The SMILES string of the molecule is C1CCCC1.NNN. The van der Waals surface area contributed by atoms with Gasteiger partial charge in [0.15, 0.2) is 0 Å². The highest BCUT2D eigenvalue weighted by molar-refractivity contribution is 4.51. The third-order valence-corrected chi connectivity index (χ3v) is 1.25. The summed E-state index contributed by atoms with van der Waals surface area (Å²) in [5.41, 5.74) is 1.75. The molecule has 3 nitrogen and oxygen atoms in total. The Labute approximate surface area is 50.4 Å². The molecule has 0 bridgehead atoms. The fraction of sp³-hybridized carbons (Fsp3) is 1.00. The summed E-state index contributed by atoms with van der Waals surface area (Å²) in [5, 5.41) is 0. The van der Waals surface area contributed by atoms with Gasteiger partial charge >= 0.3 is 0 Å². The molecular formula is C5H15N3. The lowest BCUT2D eigenvalue weighted by Gasteiger charge is -1.67. The molecule has 1 aliphatic carbocycles. The van der Waals surface area contributed by atoms with Crippen molar-refractivity contribution in [3.05, 3.63) is 0 Å². The van der Waals surface area contributed by atoms with Crippen LogP contribution in [0.3, 0.4) is 0 Å². The molecule has 1 fully saturated rings. The summed E-state index contributed by atoms with van der Waals surface area (Å²) < 4.78 is 0. The normalized spacial score (nSPS) is 17.2. The Balaban J connectivity index is 0.000000145. The van der Waals surface area contributed by atoms with Crippen LogP contribution >= 0.6 is 0 Å². The van der Waals surface area contributed by atoms with Gasteiger partial charge in [-0.2, -0.15) is 5.53 Å². The molecule has 1 rings (SSSR count). The lowest BCUT2D eigenvalue weighted by molar-refractivity contribution is 0.803. The first-order chi connectivity index (χ1) is 3.91. The van der Waals surface area contributed by atoms with Crippen LogP contribution in [0, 0.1) is 0 Å². The highest BCUT2D eigenvalue weighted by atomic mass is 15.4. The number of hydrogen-bond donors (Lipinski definition) is 3. The van der Waals surface area contributed by atoms with Crippen LogP contribution in [0.5, 0.6) is 0 Å². The topological polar surface area (TPSA) is 64.1 Å². The van der Waals surface area contributed by atoms with Gasteiger partial charge in [0.05, 0.1) is 0 Å². The van der Waals surface area contributed by atoms with Crippen LogP contribution < -0.4 is 17.2 Å². The van der Waals surface area contributed by atoms with E-state index in [0.29, 0.717) is 0 Å². The van der Waals surface area contributed by atoms with Crippen molar-refractivity contribution in [2.75, 3.05) is 0 Å². The van der Waals surface area contributed by atoms with Gasteiger partial charge in [-0.15, -0.1) is 0 Å². The van der Waals surface area contributed by atoms with E-state index in [1.807, 2.05) is 0 Å². The van der Waals surface area contributed by atoms with Gasteiger partial charge in [-0.25, -0.2) is 0 Å². The summed E-state index contributed by atoms with van der Waals surface area (Å²) in [6, 6.07) is 0. The van der Waals surface area contributed by atoms with Crippen molar-refractivity contribution in [2.45, 2.75) is 32.1 Å². The number of hydrazine groups is 2. The van der Waals surface area contributed by atoms with E-state index in [4.69, 9.17) is 0 Å². The quantitative estimate of drug-likeness (QED) is 0.315. The Morgan fingerprint density at radius 1 is 0.750 bits per heavy atom. The van der Waals surface area contributed by atoms with Crippen LogP contribution in [0.4, 0.5) is 0 Å². The van der Waals surface area contributed by atoms with Gasteiger partial charge in [-0.05, 0) is 0 Å². The molecule has 0 aromatic rings. The van der Waals surface area contributed by atoms with E-state index in [0.717, 1.165) is 0 Å². The maximum absolute atomic E-state index is 4.38. The Kier molecular flexibility index (Phi) is 6.78. The van der Waals surface area contributed by atoms with E-state index < -0.39 is 0 Å². The third-order valence-electron chi connectivity index (χ3n) is 1.25. The second-order valence-electron chi connectivity index (χ2n) is 1.93. The minimum absolute atomic E-state index is 1.50. The summed E-state index contributed by atoms with van der Waals surface area (Å²) in [7, 11) is 0. The zero-order valence-electron chi connectivity index (χ0n) is 5.19. The van der Waals surface area contributed by atoms with Gasteiger partial charge in [-0.3, -0.25) is 11.7 Å². The summed E-state index contributed by atoms with van der Waals surface area (Å²) in [5.74, 6) is 8.75. The fourth-order valence-corrected chi connectivity index (χ4v) is 0.884. The van der Waals surface area contributed by atoms with Gasteiger partial charge in [0.25, 0.3) is 0 Å².